The van der Waals surface area contributed by atoms with Crippen LogP contribution in [-0.4, -0.2) is 12.1 Å². The quantitative estimate of drug-likeness (QED) is 0.241. The highest BCUT2D eigenvalue weighted by atomic mass is 35.5. The summed E-state index contributed by atoms with van der Waals surface area (Å²) in [7, 11) is 1.68. The van der Waals surface area contributed by atoms with Gasteiger partial charge >= 0.3 is 0 Å². The molecule has 5 rings (SSSR count). The van der Waals surface area contributed by atoms with Gasteiger partial charge in [-0.15, -0.1) is 0 Å². The van der Waals surface area contributed by atoms with Gasteiger partial charge < -0.3 is 9.64 Å². The number of nitrogens with zero attached hydrogens (tertiary/aromatic N) is 2. The minimum Gasteiger partial charge on any atom is -0.497 e. The molecule has 0 saturated carbocycles. The Hall–Kier alpha value is -3.60. The van der Waals surface area contributed by atoms with Crippen LogP contribution in [0.2, 0.25) is 5.02 Å². The van der Waals surface area contributed by atoms with Gasteiger partial charge in [-0.2, -0.15) is 0 Å². The third kappa shape index (κ3) is 4.56. The first-order valence-corrected chi connectivity index (χ1v) is 12.1. The molecule has 5 heteroatoms. The average molecular weight is 483 g/mol. The Morgan fingerprint density at radius 2 is 1.35 bits per heavy atom. The van der Waals surface area contributed by atoms with Gasteiger partial charge in [-0.3, -0.25) is 0 Å². The number of ether oxygens (including phenoxy) is 1. The van der Waals surface area contributed by atoms with E-state index in [4.69, 9.17) is 21.3 Å². The van der Waals surface area contributed by atoms with Gasteiger partial charge in [-0.05, 0) is 55.5 Å². The summed E-state index contributed by atoms with van der Waals surface area (Å²) < 4.78 is 5.40. The van der Waals surface area contributed by atoms with Crippen molar-refractivity contribution in [3.05, 3.63) is 114 Å². The van der Waals surface area contributed by atoms with E-state index in [0.717, 1.165) is 44.0 Å². The van der Waals surface area contributed by atoms with Crippen molar-refractivity contribution >= 4 is 39.3 Å². The lowest BCUT2D eigenvalue weighted by atomic mass is 10.1. The molecule has 3 nitrogen and oxygen atoms in total. The number of aromatic nitrogens is 1. The van der Waals surface area contributed by atoms with E-state index in [1.165, 1.54) is 5.56 Å². The predicted octanol–water partition coefficient (Wildman–Crippen LogP) is 8.92. The molecule has 4 aromatic carbocycles. The van der Waals surface area contributed by atoms with Crippen LogP contribution in [0.3, 0.4) is 0 Å². The number of rotatable bonds is 6. The number of aryl methyl sites for hydroxylation is 1. The molecule has 0 unspecified atom stereocenters. The molecule has 5 aromatic rings. The van der Waals surface area contributed by atoms with E-state index in [2.05, 4.69) is 60.4 Å². The van der Waals surface area contributed by atoms with Gasteiger partial charge in [-0.1, -0.05) is 83.1 Å². The maximum Gasteiger partial charge on any atom is 0.129 e. The number of hydrogen-bond donors (Lipinski definition) is 0. The highest BCUT2D eigenvalue weighted by Gasteiger charge is 2.23. The number of halogens is 1. The van der Waals surface area contributed by atoms with Crippen LogP contribution < -0.4 is 9.64 Å². The SMILES string of the molecule is COc1ccc(N(c2ccc(C)cc2)c2sc(-c3ccc(Cl)cc3)nc2-c2ccccc2)cc1. The van der Waals surface area contributed by atoms with E-state index in [0.29, 0.717) is 5.02 Å². The van der Waals surface area contributed by atoms with Crippen LogP contribution in [-0.2, 0) is 0 Å². The van der Waals surface area contributed by atoms with Crippen molar-refractivity contribution < 1.29 is 4.74 Å². The lowest BCUT2D eigenvalue weighted by Crippen LogP contribution is -2.09. The molecule has 0 aliphatic rings. The summed E-state index contributed by atoms with van der Waals surface area (Å²) in [6.45, 7) is 2.10. The van der Waals surface area contributed by atoms with Crippen molar-refractivity contribution in [2.75, 3.05) is 12.0 Å². The second kappa shape index (κ2) is 9.72. The minimum atomic E-state index is 0.711. The lowest BCUT2D eigenvalue weighted by Gasteiger charge is -2.25. The van der Waals surface area contributed by atoms with E-state index in [-0.39, 0.29) is 0 Å². The van der Waals surface area contributed by atoms with Crippen LogP contribution in [0.1, 0.15) is 5.56 Å². The van der Waals surface area contributed by atoms with E-state index in [1.807, 2.05) is 54.6 Å². The summed E-state index contributed by atoms with van der Waals surface area (Å²) in [5, 5.41) is 2.70. The van der Waals surface area contributed by atoms with Crippen LogP contribution in [0.25, 0.3) is 21.8 Å². The summed E-state index contributed by atoms with van der Waals surface area (Å²) in [6.07, 6.45) is 0. The highest BCUT2D eigenvalue weighted by molar-refractivity contribution is 7.19. The normalized spacial score (nSPS) is 10.8. The van der Waals surface area contributed by atoms with E-state index in [1.54, 1.807) is 18.4 Å². The summed E-state index contributed by atoms with van der Waals surface area (Å²) in [4.78, 5) is 7.37. The molecule has 0 fully saturated rings. The molecular weight excluding hydrogens is 460 g/mol. The molecule has 0 spiro atoms. The van der Waals surface area contributed by atoms with Gasteiger partial charge in [0.1, 0.15) is 21.5 Å². The number of anilines is 3. The Kier molecular flexibility index (Phi) is 6.35. The second-order valence-corrected chi connectivity index (χ2v) is 9.33. The Labute approximate surface area is 208 Å². The Bertz CT molecular complexity index is 1380. The minimum absolute atomic E-state index is 0.711. The monoisotopic (exact) mass is 482 g/mol. The van der Waals surface area contributed by atoms with Crippen molar-refractivity contribution in [1.82, 2.24) is 4.98 Å². The van der Waals surface area contributed by atoms with Crippen LogP contribution in [0, 0.1) is 6.92 Å². The highest BCUT2D eigenvalue weighted by Crippen LogP contribution is 2.46. The fourth-order valence-corrected chi connectivity index (χ4v) is 5.03. The zero-order valence-corrected chi connectivity index (χ0v) is 20.5. The largest absolute Gasteiger partial charge is 0.497 e. The van der Waals surface area contributed by atoms with Gasteiger partial charge in [-0.25, -0.2) is 4.98 Å². The van der Waals surface area contributed by atoms with Crippen molar-refractivity contribution in [1.29, 1.82) is 0 Å². The Morgan fingerprint density at radius 1 is 0.735 bits per heavy atom. The molecule has 0 N–H and O–H groups in total. The summed E-state index contributed by atoms with van der Waals surface area (Å²) in [5.41, 5.74) is 6.36. The van der Waals surface area contributed by atoms with Crippen molar-refractivity contribution in [2.24, 2.45) is 0 Å². The van der Waals surface area contributed by atoms with Gasteiger partial charge in [0.2, 0.25) is 0 Å². The molecule has 0 aliphatic carbocycles. The van der Waals surface area contributed by atoms with Crippen LogP contribution in [0.4, 0.5) is 16.4 Å². The van der Waals surface area contributed by atoms with Gasteiger partial charge in [0.05, 0.1) is 7.11 Å². The standard InChI is InChI=1S/C29H23ClN2OS/c1-20-8-14-24(15-9-20)32(25-16-18-26(33-2)19-17-25)29-27(21-6-4-3-5-7-21)31-28(34-29)22-10-12-23(30)13-11-22/h3-19H,1-2H3. The van der Waals surface area contributed by atoms with Gasteiger partial charge in [0, 0.05) is 27.5 Å². The molecule has 0 saturated heterocycles. The first kappa shape index (κ1) is 22.2. The molecule has 0 aliphatic heterocycles. The fraction of sp³-hybridized carbons (Fsp3) is 0.0690. The maximum absolute atomic E-state index is 6.14. The lowest BCUT2D eigenvalue weighted by molar-refractivity contribution is 0.415. The smallest absolute Gasteiger partial charge is 0.129 e. The maximum atomic E-state index is 6.14. The second-order valence-electron chi connectivity index (χ2n) is 7.91. The van der Waals surface area contributed by atoms with Crippen LogP contribution >= 0.6 is 22.9 Å². The average Bonchev–Trinajstić information content (AvgIpc) is 3.32. The summed E-state index contributed by atoms with van der Waals surface area (Å²) in [6, 6.07) is 34.9. The van der Waals surface area contributed by atoms with Crippen LogP contribution in [0.15, 0.2) is 103 Å². The molecule has 34 heavy (non-hydrogen) atoms. The molecule has 0 amide bonds. The third-order valence-electron chi connectivity index (χ3n) is 5.57. The fourth-order valence-electron chi connectivity index (χ4n) is 3.77. The summed E-state index contributed by atoms with van der Waals surface area (Å²) >= 11 is 7.81. The first-order chi connectivity index (χ1) is 16.6. The third-order valence-corrected chi connectivity index (χ3v) is 6.92. The van der Waals surface area contributed by atoms with Gasteiger partial charge in [0.25, 0.3) is 0 Å². The van der Waals surface area contributed by atoms with E-state index >= 15 is 0 Å². The van der Waals surface area contributed by atoms with Gasteiger partial charge in [0.15, 0.2) is 0 Å². The molecular formula is C29H23ClN2OS. The first-order valence-electron chi connectivity index (χ1n) is 11.0. The molecule has 1 heterocycles. The molecule has 0 radical (unpaired) electrons. The molecule has 168 valence electrons. The zero-order chi connectivity index (χ0) is 23.5. The number of hydrogen-bond acceptors (Lipinski definition) is 4. The summed E-state index contributed by atoms with van der Waals surface area (Å²) in [5.74, 6) is 0.821. The Balaban J connectivity index is 1.73. The predicted molar refractivity (Wildman–Crippen MR) is 144 cm³/mol. The number of methoxy groups -OCH3 is 1. The van der Waals surface area contributed by atoms with E-state index < -0.39 is 0 Å². The van der Waals surface area contributed by atoms with Crippen molar-refractivity contribution in [3.63, 3.8) is 0 Å². The number of benzene rings is 4. The molecule has 0 bridgehead atoms. The van der Waals surface area contributed by atoms with Crippen molar-refractivity contribution in [2.45, 2.75) is 6.92 Å². The van der Waals surface area contributed by atoms with Crippen LogP contribution in [0.5, 0.6) is 5.75 Å². The zero-order valence-electron chi connectivity index (χ0n) is 18.9. The molecule has 1 aromatic heterocycles. The van der Waals surface area contributed by atoms with E-state index in [9.17, 15) is 0 Å². The van der Waals surface area contributed by atoms with Crippen molar-refractivity contribution in [3.8, 4) is 27.6 Å². The Morgan fingerprint density at radius 3 is 1.97 bits per heavy atom. The molecule has 0 atom stereocenters. The number of thiazole rings is 1. The topological polar surface area (TPSA) is 25.4 Å².